The summed E-state index contributed by atoms with van der Waals surface area (Å²) in [4.78, 5) is 17.1. The molecule has 1 aliphatic heterocycles. The Bertz CT molecular complexity index is 842. The summed E-state index contributed by atoms with van der Waals surface area (Å²) in [6.45, 7) is 8.83. The van der Waals surface area contributed by atoms with Gasteiger partial charge in [-0.3, -0.25) is 4.79 Å². The van der Waals surface area contributed by atoms with Crippen LogP contribution in [0.15, 0.2) is 49.1 Å². The molecule has 1 saturated heterocycles. The molecule has 1 heterocycles. The fourth-order valence-corrected chi connectivity index (χ4v) is 3.65. The molecular formula is C22H25ClN2O2. The number of piperazine rings is 1. The monoisotopic (exact) mass is 384 g/mol. The molecule has 3 rings (SSSR count). The molecule has 0 aromatic heterocycles. The molecule has 0 N–H and O–H groups in total. The summed E-state index contributed by atoms with van der Waals surface area (Å²) in [6, 6.07) is 11.5. The van der Waals surface area contributed by atoms with E-state index in [1.54, 1.807) is 7.11 Å². The smallest absolute Gasteiger partial charge is 0.253 e. The van der Waals surface area contributed by atoms with Gasteiger partial charge in [0.05, 0.1) is 7.11 Å². The number of nitrogens with zero attached hydrogens (tertiary/aromatic N) is 2. The largest absolute Gasteiger partial charge is 0.496 e. The summed E-state index contributed by atoms with van der Waals surface area (Å²) in [5, 5.41) is 0.738. The number of carbonyl (C=O) groups excluding carboxylic acids is 1. The molecule has 0 aliphatic carbocycles. The third kappa shape index (κ3) is 4.28. The Morgan fingerprint density at radius 3 is 2.59 bits per heavy atom. The third-order valence-corrected chi connectivity index (χ3v) is 5.21. The maximum atomic E-state index is 12.9. The van der Waals surface area contributed by atoms with Gasteiger partial charge in [-0.2, -0.15) is 0 Å². The van der Waals surface area contributed by atoms with Crippen LogP contribution in [0, 0.1) is 6.92 Å². The van der Waals surface area contributed by atoms with Gasteiger partial charge >= 0.3 is 0 Å². The van der Waals surface area contributed by atoms with Crippen molar-refractivity contribution in [3.05, 3.63) is 70.8 Å². The molecule has 0 bridgehead atoms. The molecular weight excluding hydrogens is 360 g/mol. The van der Waals surface area contributed by atoms with Crippen molar-refractivity contribution in [2.75, 3.05) is 38.2 Å². The number of aryl methyl sites for hydroxylation is 1. The van der Waals surface area contributed by atoms with E-state index in [4.69, 9.17) is 16.3 Å². The number of carbonyl (C=O) groups is 1. The van der Waals surface area contributed by atoms with E-state index < -0.39 is 0 Å². The second-order valence-electron chi connectivity index (χ2n) is 6.73. The zero-order valence-electron chi connectivity index (χ0n) is 15.9. The Morgan fingerprint density at radius 2 is 1.93 bits per heavy atom. The summed E-state index contributed by atoms with van der Waals surface area (Å²) in [6.07, 6.45) is 2.49. The van der Waals surface area contributed by atoms with Gasteiger partial charge in [-0.15, -0.1) is 6.58 Å². The van der Waals surface area contributed by atoms with Crippen molar-refractivity contribution in [2.24, 2.45) is 0 Å². The number of hydrogen-bond acceptors (Lipinski definition) is 3. The number of halogens is 1. The maximum Gasteiger partial charge on any atom is 0.253 e. The van der Waals surface area contributed by atoms with Crippen LogP contribution in [-0.2, 0) is 6.42 Å². The molecule has 2 aromatic carbocycles. The van der Waals surface area contributed by atoms with Crippen LogP contribution in [0.1, 0.15) is 21.5 Å². The van der Waals surface area contributed by atoms with Crippen molar-refractivity contribution in [3.8, 4) is 5.75 Å². The van der Waals surface area contributed by atoms with Crippen LogP contribution >= 0.6 is 11.6 Å². The third-order valence-electron chi connectivity index (χ3n) is 4.97. The van der Waals surface area contributed by atoms with E-state index in [1.807, 2.05) is 47.4 Å². The minimum Gasteiger partial charge on any atom is -0.496 e. The number of hydrogen-bond donors (Lipinski definition) is 0. The summed E-state index contributed by atoms with van der Waals surface area (Å²) >= 11 is 6.15. The van der Waals surface area contributed by atoms with Gasteiger partial charge in [0, 0.05) is 42.5 Å². The molecule has 0 spiro atoms. The first-order chi connectivity index (χ1) is 13.0. The predicted molar refractivity (Wildman–Crippen MR) is 111 cm³/mol. The molecule has 2 aromatic rings. The minimum absolute atomic E-state index is 0.0606. The van der Waals surface area contributed by atoms with Crippen molar-refractivity contribution in [1.82, 2.24) is 4.90 Å². The molecule has 5 heteroatoms. The van der Waals surface area contributed by atoms with E-state index in [1.165, 1.54) is 5.56 Å². The molecule has 0 atom stereocenters. The molecule has 0 unspecified atom stereocenters. The van der Waals surface area contributed by atoms with Gasteiger partial charge in [0.25, 0.3) is 5.91 Å². The number of ether oxygens (including phenoxy) is 1. The van der Waals surface area contributed by atoms with Crippen LogP contribution < -0.4 is 9.64 Å². The highest BCUT2D eigenvalue weighted by atomic mass is 35.5. The highest BCUT2D eigenvalue weighted by Gasteiger charge is 2.23. The molecule has 1 aliphatic rings. The van der Waals surface area contributed by atoms with Crippen LogP contribution in [0.2, 0.25) is 5.02 Å². The summed E-state index contributed by atoms with van der Waals surface area (Å²) < 4.78 is 5.37. The number of methoxy groups -OCH3 is 1. The van der Waals surface area contributed by atoms with E-state index in [2.05, 4.69) is 18.4 Å². The van der Waals surface area contributed by atoms with Crippen molar-refractivity contribution < 1.29 is 9.53 Å². The van der Waals surface area contributed by atoms with E-state index in [9.17, 15) is 4.79 Å². The van der Waals surface area contributed by atoms with Gasteiger partial charge in [0.2, 0.25) is 0 Å². The fourth-order valence-electron chi connectivity index (χ4n) is 3.48. The van der Waals surface area contributed by atoms with E-state index in [0.29, 0.717) is 25.1 Å². The highest BCUT2D eigenvalue weighted by molar-refractivity contribution is 6.30. The average molecular weight is 385 g/mol. The Balaban J connectivity index is 1.70. The van der Waals surface area contributed by atoms with Crippen LogP contribution in [0.4, 0.5) is 5.69 Å². The number of allylic oxidation sites excluding steroid dienone is 1. The maximum absolute atomic E-state index is 12.9. The van der Waals surface area contributed by atoms with Crippen molar-refractivity contribution in [2.45, 2.75) is 13.3 Å². The zero-order chi connectivity index (χ0) is 19.4. The first-order valence-corrected chi connectivity index (χ1v) is 9.49. The molecule has 0 radical (unpaired) electrons. The Morgan fingerprint density at radius 1 is 1.19 bits per heavy atom. The summed E-state index contributed by atoms with van der Waals surface area (Å²) in [5.74, 6) is 0.845. The fraction of sp³-hybridized carbons (Fsp3) is 0.318. The number of amides is 1. The molecule has 1 fully saturated rings. The minimum atomic E-state index is 0.0606. The van der Waals surface area contributed by atoms with Gasteiger partial charge < -0.3 is 14.5 Å². The van der Waals surface area contributed by atoms with E-state index in [0.717, 1.165) is 35.1 Å². The van der Waals surface area contributed by atoms with Crippen LogP contribution in [-0.4, -0.2) is 44.1 Å². The summed E-state index contributed by atoms with van der Waals surface area (Å²) in [7, 11) is 1.64. The first kappa shape index (κ1) is 19.3. The van der Waals surface area contributed by atoms with Crippen LogP contribution in [0.5, 0.6) is 5.75 Å². The molecule has 0 saturated carbocycles. The van der Waals surface area contributed by atoms with Crippen LogP contribution in [0.25, 0.3) is 0 Å². The number of anilines is 1. The lowest BCUT2D eigenvalue weighted by molar-refractivity contribution is 0.0746. The molecule has 1 amide bonds. The van der Waals surface area contributed by atoms with Crippen molar-refractivity contribution in [1.29, 1.82) is 0 Å². The quantitative estimate of drug-likeness (QED) is 0.718. The molecule has 4 nitrogen and oxygen atoms in total. The Hall–Kier alpha value is -2.46. The summed E-state index contributed by atoms with van der Waals surface area (Å²) in [5.41, 5.74) is 4.02. The zero-order valence-corrected chi connectivity index (χ0v) is 16.6. The lowest BCUT2D eigenvalue weighted by atomic mass is 10.1. The standard InChI is InChI=1S/C22H25ClN2O2/c1-4-5-17-14-18(7-9-21(17)27-3)22(26)25-12-10-24(11-13-25)20-15-19(23)8-6-16(20)2/h4,6-9,14-15H,1,5,10-13H2,2-3H3. The lowest BCUT2D eigenvalue weighted by Crippen LogP contribution is -2.49. The lowest BCUT2D eigenvalue weighted by Gasteiger charge is -2.37. The van der Waals surface area contributed by atoms with Gasteiger partial charge in [0.15, 0.2) is 0 Å². The first-order valence-electron chi connectivity index (χ1n) is 9.11. The van der Waals surface area contributed by atoms with E-state index in [-0.39, 0.29) is 5.91 Å². The normalized spacial score (nSPS) is 14.2. The topological polar surface area (TPSA) is 32.8 Å². The Kier molecular flexibility index (Phi) is 6.07. The Labute approximate surface area is 166 Å². The second-order valence-corrected chi connectivity index (χ2v) is 7.17. The molecule has 27 heavy (non-hydrogen) atoms. The van der Waals surface area contributed by atoms with Gasteiger partial charge in [-0.25, -0.2) is 0 Å². The van der Waals surface area contributed by atoms with Crippen LogP contribution in [0.3, 0.4) is 0 Å². The SMILES string of the molecule is C=CCc1cc(C(=O)N2CCN(c3cc(Cl)ccc3C)CC2)ccc1OC. The molecule has 142 valence electrons. The van der Waals surface area contributed by atoms with Crippen molar-refractivity contribution >= 4 is 23.2 Å². The highest BCUT2D eigenvalue weighted by Crippen LogP contribution is 2.26. The average Bonchev–Trinajstić information content (AvgIpc) is 2.69. The number of benzene rings is 2. The van der Waals surface area contributed by atoms with Gasteiger partial charge in [-0.05, 0) is 54.8 Å². The predicted octanol–water partition coefficient (Wildman–Crippen LogP) is 4.35. The van der Waals surface area contributed by atoms with Gasteiger partial charge in [0.1, 0.15) is 5.75 Å². The second kappa shape index (κ2) is 8.49. The number of rotatable bonds is 5. The van der Waals surface area contributed by atoms with Gasteiger partial charge in [-0.1, -0.05) is 23.7 Å². The van der Waals surface area contributed by atoms with E-state index >= 15 is 0 Å². The van der Waals surface area contributed by atoms with Crippen molar-refractivity contribution in [3.63, 3.8) is 0 Å².